The summed E-state index contributed by atoms with van der Waals surface area (Å²) < 4.78 is 44.3. The zero-order valence-electron chi connectivity index (χ0n) is 10.3. The number of rotatable bonds is 3. The molecule has 4 nitrogen and oxygen atoms in total. The summed E-state index contributed by atoms with van der Waals surface area (Å²) in [5.74, 6) is -4.21. The maximum Gasteiger partial charge on any atom is 0.261 e. The third-order valence-corrected chi connectivity index (χ3v) is 2.72. The van der Waals surface area contributed by atoms with Crippen LogP contribution < -0.4 is 5.73 Å². The predicted octanol–water partition coefficient (Wildman–Crippen LogP) is 2.81. The Balaban J connectivity index is 2.41. The highest BCUT2D eigenvalue weighted by Gasteiger charge is 2.22. The molecule has 0 fully saturated rings. The number of hydrogen-bond acceptors (Lipinski definition) is 4. The lowest BCUT2D eigenvalue weighted by Crippen LogP contribution is -2.18. The third kappa shape index (κ3) is 2.46. The van der Waals surface area contributed by atoms with Gasteiger partial charge in [-0.25, -0.2) is 13.2 Å². The molecule has 0 aliphatic heterocycles. The van der Waals surface area contributed by atoms with Gasteiger partial charge in [-0.3, -0.25) is 0 Å². The Morgan fingerprint density at radius 3 is 2.47 bits per heavy atom. The van der Waals surface area contributed by atoms with E-state index in [0.29, 0.717) is 0 Å². The first-order valence-electron chi connectivity index (χ1n) is 5.65. The van der Waals surface area contributed by atoms with Crippen LogP contribution in [0.1, 0.15) is 25.7 Å². The molecule has 0 amide bonds. The van der Waals surface area contributed by atoms with Gasteiger partial charge in [-0.15, -0.1) is 0 Å². The summed E-state index contributed by atoms with van der Waals surface area (Å²) in [5, 5.41) is 3.61. The molecule has 0 aliphatic rings. The summed E-state index contributed by atoms with van der Waals surface area (Å²) >= 11 is 0. The Morgan fingerprint density at radius 2 is 1.84 bits per heavy atom. The van der Waals surface area contributed by atoms with E-state index in [9.17, 15) is 13.2 Å². The van der Waals surface area contributed by atoms with Crippen molar-refractivity contribution >= 4 is 0 Å². The molecule has 19 heavy (non-hydrogen) atoms. The molecule has 2 aromatic rings. The highest BCUT2D eigenvalue weighted by atomic mass is 19.2. The van der Waals surface area contributed by atoms with E-state index >= 15 is 0 Å². The van der Waals surface area contributed by atoms with Gasteiger partial charge in [0.1, 0.15) is 0 Å². The average molecular weight is 271 g/mol. The van der Waals surface area contributed by atoms with Crippen molar-refractivity contribution in [2.24, 2.45) is 11.7 Å². The van der Waals surface area contributed by atoms with Crippen molar-refractivity contribution < 1.29 is 17.7 Å². The largest absolute Gasteiger partial charge is 0.334 e. The molecular formula is C12H12F3N3O. The highest BCUT2D eigenvalue weighted by Crippen LogP contribution is 2.26. The zero-order chi connectivity index (χ0) is 14.2. The summed E-state index contributed by atoms with van der Waals surface area (Å²) in [5.41, 5.74) is 5.51. The maximum atomic E-state index is 13.5. The van der Waals surface area contributed by atoms with Crippen LogP contribution in [-0.2, 0) is 0 Å². The molecule has 0 radical (unpaired) electrons. The lowest BCUT2D eigenvalue weighted by Gasteiger charge is -2.09. The maximum absolute atomic E-state index is 13.5. The van der Waals surface area contributed by atoms with Crippen LogP contribution in [0.4, 0.5) is 13.2 Å². The molecule has 7 heteroatoms. The van der Waals surface area contributed by atoms with E-state index in [-0.39, 0.29) is 23.2 Å². The van der Waals surface area contributed by atoms with E-state index in [2.05, 4.69) is 10.1 Å². The van der Waals surface area contributed by atoms with E-state index < -0.39 is 23.5 Å². The Hall–Kier alpha value is -1.89. The van der Waals surface area contributed by atoms with Gasteiger partial charge >= 0.3 is 0 Å². The zero-order valence-corrected chi connectivity index (χ0v) is 10.3. The van der Waals surface area contributed by atoms with Crippen molar-refractivity contribution in [3.63, 3.8) is 0 Å². The van der Waals surface area contributed by atoms with E-state index in [1.54, 1.807) is 0 Å². The monoisotopic (exact) mass is 271 g/mol. The Bertz CT molecular complexity index is 598. The number of hydrogen-bond donors (Lipinski definition) is 1. The van der Waals surface area contributed by atoms with Crippen LogP contribution in [0, 0.1) is 23.4 Å². The first-order valence-corrected chi connectivity index (χ1v) is 5.65. The van der Waals surface area contributed by atoms with Crippen LogP contribution in [-0.4, -0.2) is 10.1 Å². The Labute approximate surface area is 107 Å². The van der Waals surface area contributed by atoms with Crippen LogP contribution in [0.15, 0.2) is 16.7 Å². The van der Waals surface area contributed by atoms with Crippen molar-refractivity contribution in [3.8, 4) is 11.5 Å². The lowest BCUT2D eigenvalue weighted by molar-refractivity contribution is 0.396. The summed E-state index contributed by atoms with van der Waals surface area (Å²) in [6, 6.07) is 1.34. The molecule has 1 aromatic heterocycles. The average Bonchev–Trinajstić information content (AvgIpc) is 2.84. The number of halogens is 3. The van der Waals surface area contributed by atoms with Gasteiger partial charge in [0.25, 0.3) is 5.89 Å². The summed E-state index contributed by atoms with van der Waals surface area (Å²) in [4.78, 5) is 3.90. The second-order valence-corrected chi connectivity index (χ2v) is 4.45. The van der Waals surface area contributed by atoms with Crippen molar-refractivity contribution in [3.05, 3.63) is 35.4 Å². The first kappa shape index (κ1) is 13.5. The van der Waals surface area contributed by atoms with Crippen LogP contribution in [0.5, 0.6) is 0 Å². The van der Waals surface area contributed by atoms with Crippen LogP contribution >= 0.6 is 0 Å². The van der Waals surface area contributed by atoms with E-state index in [1.807, 2.05) is 13.8 Å². The molecule has 2 N–H and O–H groups in total. The SMILES string of the molecule is CC(C)C(N)c1noc(-c2ccc(F)c(F)c2F)n1. The summed E-state index contributed by atoms with van der Waals surface area (Å²) in [6.45, 7) is 3.72. The number of benzene rings is 1. The van der Waals surface area contributed by atoms with Crippen LogP contribution in [0.3, 0.4) is 0 Å². The fourth-order valence-corrected chi connectivity index (χ4v) is 1.47. The van der Waals surface area contributed by atoms with Gasteiger partial charge in [-0.1, -0.05) is 19.0 Å². The predicted molar refractivity (Wildman–Crippen MR) is 61.4 cm³/mol. The molecule has 1 aromatic carbocycles. The molecule has 0 aliphatic carbocycles. The fourth-order valence-electron chi connectivity index (χ4n) is 1.47. The minimum absolute atomic E-state index is 0.0558. The molecule has 1 heterocycles. The van der Waals surface area contributed by atoms with Crippen molar-refractivity contribution in [2.75, 3.05) is 0 Å². The van der Waals surface area contributed by atoms with Crippen LogP contribution in [0.2, 0.25) is 0 Å². The minimum atomic E-state index is -1.58. The molecule has 102 valence electrons. The Kier molecular flexibility index (Phi) is 3.57. The standard InChI is InChI=1S/C12H12F3N3O/c1-5(2)10(16)11-17-12(19-18-11)6-3-4-7(13)9(15)8(6)14/h3-5,10H,16H2,1-2H3. The molecule has 0 saturated carbocycles. The van der Waals surface area contributed by atoms with Crippen LogP contribution in [0.25, 0.3) is 11.5 Å². The number of nitrogens with two attached hydrogens (primary N) is 1. The van der Waals surface area contributed by atoms with Gasteiger partial charge in [0.05, 0.1) is 11.6 Å². The highest BCUT2D eigenvalue weighted by molar-refractivity contribution is 5.54. The van der Waals surface area contributed by atoms with Gasteiger partial charge in [0, 0.05) is 0 Å². The topological polar surface area (TPSA) is 64.9 Å². The van der Waals surface area contributed by atoms with Gasteiger partial charge in [0.15, 0.2) is 23.3 Å². The fraction of sp³-hybridized carbons (Fsp3) is 0.333. The number of nitrogens with zero attached hydrogens (tertiary/aromatic N) is 2. The number of aromatic nitrogens is 2. The second-order valence-electron chi connectivity index (χ2n) is 4.45. The van der Waals surface area contributed by atoms with Crippen molar-refractivity contribution in [1.29, 1.82) is 0 Å². The third-order valence-electron chi connectivity index (χ3n) is 2.72. The van der Waals surface area contributed by atoms with E-state index in [1.165, 1.54) is 0 Å². The molecule has 1 unspecified atom stereocenters. The molecular weight excluding hydrogens is 259 g/mol. The smallest absolute Gasteiger partial charge is 0.261 e. The second kappa shape index (κ2) is 5.00. The molecule has 0 bridgehead atoms. The van der Waals surface area contributed by atoms with E-state index in [4.69, 9.17) is 10.3 Å². The Morgan fingerprint density at radius 1 is 1.16 bits per heavy atom. The summed E-state index contributed by atoms with van der Waals surface area (Å²) in [7, 11) is 0. The van der Waals surface area contributed by atoms with Gasteiger partial charge < -0.3 is 10.3 Å². The normalized spacial score (nSPS) is 13.0. The van der Waals surface area contributed by atoms with E-state index in [0.717, 1.165) is 12.1 Å². The van der Waals surface area contributed by atoms with Crippen molar-refractivity contribution in [1.82, 2.24) is 10.1 Å². The van der Waals surface area contributed by atoms with Crippen molar-refractivity contribution in [2.45, 2.75) is 19.9 Å². The molecule has 0 saturated heterocycles. The minimum Gasteiger partial charge on any atom is -0.334 e. The molecule has 2 rings (SSSR count). The van der Waals surface area contributed by atoms with Gasteiger partial charge in [0.2, 0.25) is 0 Å². The van der Waals surface area contributed by atoms with Gasteiger partial charge in [-0.2, -0.15) is 4.98 Å². The first-order chi connectivity index (χ1) is 8.91. The molecule has 1 atom stereocenters. The molecule has 0 spiro atoms. The quantitative estimate of drug-likeness (QED) is 0.872. The van der Waals surface area contributed by atoms with Gasteiger partial charge in [-0.05, 0) is 18.1 Å². The lowest BCUT2D eigenvalue weighted by atomic mass is 10.1. The summed E-state index contributed by atoms with van der Waals surface area (Å²) in [6.07, 6.45) is 0.